The van der Waals surface area contributed by atoms with Crippen LogP contribution in [0.3, 0.4) is 0 Å². The van der Waals surface area contributed by atoms with E-state index in [9.17, 15) is 4.39 Å². The van der Waals surface area contributed by atoms with Gasteiger partial charge in [0.1, 0.15) is 12.0 Å². The lowest BCUT2D eigenvalue weighted by Crippen LogP contribution is -2.22. The Morgan fingerprint density at radius 2 is 2.31 bits per heavy atom. The van der Waals surface area contributed by atoms with Gasteiger partial charge in [0.2, 0.25) is 5.65 Å². The summed E-state index contributed by atoms with van der Waals surface area (Å²) in [4.78, 5) is 6.20. The Balaban J connectivity index is 2.09. The van der Waals surface area contributed by atoms with Crippen LogP contribution in [0.15, 0.2) is 12.4 Å². The molecule has 1 aliphatic heterocycles. The van der Waals surface area contributed by atoms with Crippen molar-refractivity contribution in [1.82, 2.24) is 19.6 Å². The molecular formula is C10H12FN5. The third kappa shape index (κ3) is 1.33. The summed E-state index contributed by atoms with van der Waals surface area (Å²) in [6.07, 6.45) is 3.32. The van der Waals surface area contributed by atoms with Gasteiger partial charge in [0.15, 0.2) is 5.82 Å². The summed E-state index contributed by atoms with van der Waals surface area (Å²) in [7, 11) is 0. The molecule has 2 aromatic heterocycles. The first-order chi connectivity index (χ1) is 7.75. The molecule has 0 radical (unpaired) electrons. The van der Waals surface area contributed by atoms with Gasteiger partial charge < -0.3 is 4.90 Å². The predicted octanol–water partition coefficient (Wildman–Crippen LogP) is 0.981. The van der Waals surface area contributed by atoms with E-state index < -0.39 is 6.17 Å². The van der Waals surface area contributed by atoms with E-state index in [1.54, 1.807) is 6.20 Å². The summed E-state index contributed by atoms with van der Waals surface area (Å²) in [6, 6.07) is 0. The zero-order valence-corrected chi connectivity index (χ0v) is 8.97. The summed E-state index contributed by atoms with van der Waals surface area (Å²) in [5.74, 6) is 1.54. The van der Waals surface area contributed by atoms with E-state index in [0.717, 1.165) is 11.6 Å². The molecular weight excluding hydrogens is 209 g/mol. The molecule has 0 saturated carbocycles. The predicted molar refractivity (Wildman–Crippen MR) is 57.2 cm³/mol. The topological polar surface area (TPSA) is 46.3 Å². The molecule has 1 saturated heterocycles. The Labute approximate surface area is 91.9 Å². The standard InChI is InChI=1S/C10H12FN5/c1-7-13-14-10-9(12-3-5-16(7)10)15-4-2-8(11)6-15/h3,5,8H,2,4,6H2,1H3. The Morgan fingerprint density at radius 3 is 3.06 bits per heavy atom. The quantitative estimate of drug-likeness (QED) is 0.720. The van der Waals surface area contributed by atoms with Crippen LogP contribution in [-0.2, 0) is 0 Å². The highest BCUT2D eigenvalue weighted by molar-refractivity contribution is 5.64. The molecule has 0 amide bonds. The van der Waals surface area contributed by atoms with Crippen LogP contribution in [0.25, 0.3) is 5.65 Å². The minimum absolute atomic E-state index is 0.401. The number of aromatic nitrogens is 4. The third-order valence-corrected chi connectivity index (χ3v) is 2.91. The first-order valence-electron chi connectivity index (χ1n) is 5.31. The van der Waals surface area contributed by atoms with Gasteiger partial charge in [-0.1, -0.05) is 0 Å². The van der Waals surface area contributed by atoms with Gasteiger partial charge in [-0.25, -0.2) is 9.37 Å². The highest BCUT2D eigenvalue weighted by Gasteiger charge is 2.25. The molecule has 0 aromatic carbocycles. The lowest BCUT2D eigenvalue weighted by Gasteiger charge is -2.15. The van der Waals surface area contributed by atoms with E-state index in [0.29, 0.717) is 25.2 Å². The van der Waals surface area contributed by atoms with Crippen molar-refractivity contribution in [3.63, 3.8) is 0 Å². The Bertz CT molecular complexity index is 523. The minimum Gasteiger partial charge on any atom is -0.350 e. The monoisotopic (exact) mass is 221 g/mol. The SMILES string of the molecule is Cc1nnc2c(N3CCC(F)C3)nccn12. The summed E-state index contributed by atoms with van der Waals surface area (Å²) in [5.41, 5.74) is 0.703. The van der Waals surface area contributed by atoms with Gasteiger partial charge in [0.25, 0.3) is 0 Å². The van der Waals surface area contributed by atoms with Gasteiger partial charge in [0.05, 0.1) is 6.54 Å². The second kappa shape index (κ2) is 3.40. The van der Waals surface area contributed by atoms with Gasteiger partial charge in [-0.15, -0.1) is 10.2 Å². The Kier molecular flexibility index (Phi) is 2.02. The smallest absolute Gasteiger partial charge is 0.203 e. The number of alkyl halides is 1. The lowest BCUT2D eigenvalue weighted by molar-refractivity contribution is 0.364. The van der Waals surface area contributed by atoms with Crippen molar-refractivity contribution in [2.45, 2.75) is 19.5 Å². The fraction of sp³-hybridized carbons (Fsp3) is 0.500. The molecule has 6 heteroatoms. The molecule has 1 fully saturated rings. The fourth-order valence-electron chi connectivity index (χ4n) is 2.06. The van der Waals surface area contributed by atoms with Crippen LogP contribution in [0.4, 0.5) is 10.2 Å². The average Bonchev–Trinajstić information content (AvgIpc) is 2.86. The van der Waals surface area contributed by atoms with E-state index >= 15 is 0 Å². The number of hydrogen-bond acceptors (Lipinski definition) is 4. The van der Waals surface area contributed by atoms with Crippen molar-refractivity contribution in [2.24, 2.45) is 0 Å². The first kappa shape index (κ1) is 9.50. The molecule has 0 N–H and O–H groups in total. The second-order valence-corrected chi connectivity index (χ2v) is 4.02. The van der Waals surface area contributed by atoms with Crippen LogP contribution in [0.5, 0.6) is 0 Å². The minimum atomic E-state index is -0.758. The number of rotatable bonds is 1. The van der Waals surface area contributed by atoms with Crippen LogP contribution in [0, 0.1) is 6.92 Å². The largest absolute Gasteiger partial charge is 0.350 e. The average molecular weight is 221 g/mol. The molecule has 84 valence electrons. The van der Waals surface area contributed by atoms with E-state index in [1.165, 1.54) is 0 Å². The third-order valence-electron chi connectivity index (χ3n) is 2.91. The molecule has 0 spiro atoms. The van der Waals surface area contributed by atoms with Crippen molar-refractivity contribution >= 4 is 11.5 Å². The summed E-state index contributed by atoms with van der Waals surface area (Å²) >= 11 is 0. The zero-order chi connectivity index (χ0) is 11.1. The molecule has 1 unspecified atom stereocenters. The Hall–Kier alpha value is -1.72. The Morgan fingerprint density at radius 1 is 1.44 bits per heavy atom. The van der Waals surface area contributed by atoms with Crippen molar-refractivity contribution in [3.05, 3.63) is 18.2 Å². The summed E-state index contributed by atoms with van der Waals surface area (Å²) in [5, 5.41) is 8.07. The van der Waals surface area contributed by atoms with Crippen molar-refractivity contribution in [2.75, 3.05) is 18.0 Å². The highest BCUT2D eigenvalue weighted by atomic mass is 19.1. The number of aryl methyl sites for hydroxylation is 1. The van der Waals surface area contributed by atoms with Gasteiger partial charge >= 0.3 is 0 Å². The van der Waals surface area contributed by atoms with Crippen LogP contribution < -0.4 is 4.90 Å². The fourth-order valence-corrected chi connectivity index (χ4v) is 2.06. The number of fused-ring (bicyclic) bond motifs is 1. The molecule has 3 heterocycles. The van der Waals surface area contributed by atoms with E-state index in [4.69, 9.17) is 0 Å². The normalized spacial score (nSPS) is 20.9. The van der Waals surface area contributed by atoms with E-state index in [2.05, 4.69) is 15.2 Å². The maximum Gasteiger partial charge on any atom is 0.203 e. The first-order valence-corrected chi connectivity index (χ1v) is 5.31. The van der Waals surface area contributed by atoms with Crippen LogP contribution in [-0.4, -0.2) is 38.8 Å². The van der Waals surface area contributed by atoms with Gasteiger partial charge in [-0.3, -0.25) is 4.40 Å². The van der Waals surface area contributed by atoms with Gasteiger partial charge in [0, 0.05) is 18.9 Å². The molecule has 1 atom stereocenters. The number of halogens is 1. The second-order valence-electron chi connectivity index (χ2n) is 4.02. The van der Waals surface area contributed by atoms with Crippen LogP contribution >= 0.6 is 0 Å². The molecule has 1 aliphatic rings. The molecule has 0 aliphatic carbocycles. The maximum absolute atomic E-state index is 13.2. The van der Waals surface area contributed by atoms with Crippen LogP contribution in [0.2, 0.25) is 0 Å². The van der Waals surface area contributed by atoms with E-state index in [-0.39, 0.29) is 0 Å². The number of anilines is 1. The van der Waals surface area contributed by atoms with Gasteiger partial charge in [-0.05, 0) is 13.3 Å². The number of hydrogen-bond donors (Lipinski definition) is 0. The molecule has 0 bridgehead atoms. The molecule has 2 aromatic rings. The van der Waals surface area contributed by atoms with Gasteiger partial charge in [-0.2, -0.15) is 0 Å². The van der Waals surface area contributed by atoms with Crippen LogP contribution in [0.1, 0.15) is 12.2 Å². The van der Waals surface area contributed by atoms with Crippen molar-refractivity contribution in [3.8, 4) is 0 Å². The lowest BCUT2D eigenvalue weighted by atomic mass is 10.3. The van der Waals surface area contributed by atoms with E-state index in [1.807, 2.05) is 22.4 Å². The molecule has 5 nitrogen and oxygen atoms in total. The summed E-state index contributed by atoms with van der Waals surface area (Å²) < 4.78 is 15.0. The van der Waals surface area contributed by atoms with Crippen molar-refractivity contribution < 1.29 is 4.39 Å². The molecule has 16 heavy (non-hydrogen) atoms. The molecule has 3 rings (SSSR count). The highest BCUT2D eigenvalue weighted by Crippen LogP contribution is 2.23. The summed E-state index contributed by atoms with van der Waals surface area (Å²) in [6.45, 7) is 2.98. The maximum atomic E-state index is 13.2. The number of nitrogens with zero attached hydrogens (tertiary/aromatic N) is 5. The zero-order valence-electron chi connectivity index (χ0n) is 8.97. The van der Waals surface area contributed by atoms with Crippen molar-refractivity contribution in [1.29, 1.82) is 0 Å².